The van der Waals surface area contributed by atoms with Crippen LogP contribution in [0.4, 0.5) is 32.9 Å². The van der Waals surface area contributed by atoms with E-state index in [-0.39, 0.29) is 137 Å². The molecule has 0 unspecified atom stereocenters. The molecule has 14 N–H and O–H groups in total. The fourth-order valence-corrected chi connectivity index (χ4v) is 16.2. The quantitative estimate of drug-likeness (QED) is 0.0154. The van der Waals surface area contributed by atoms with E-state index >= 15 is 0 Å². The smallest absolute Gasteiger partial charge is 0.410 e. The number of benzene rings is 4. The van der Waals surface area contributed by atoms with Crippen LogP contribution >= 0.6 is 24.0 Å². The Kier molecular flexibility index (Phi) is 35.0. The molecule has 0 radical (unpaired) electrons. The van der Waals surface area contributed by atoms with Crippen LogP contribution in [0.1, 0.15) is 214 Å². The number of likely N-dealkylation sites (tertiary alicyclic amines) is 3. The van der Waals surface area contributed by atoms with Crippen molar-refractivity contribution in [3.8, 4) is 34.4 Å². The number of hydrogen-bond donors (Lipinski definition) is 9. The van der Waals surface area contributed by atoms with Crippen LogP contribution in [-0.2, 0) is 57.4 Å². The minimum absolute atomic E-state index is 0. The summed E-state index contributed by atoms with van der Waals surface area (Å²) in [5, 5.41) is 47.5. The van der Waals surface area contributed by atoms with Crippen LogP contribution in [0.5, 0.6) is 0 Å². The van der Waals surface area contributed by atoms with E-state index < -0.39 is 63.1 Å². The van der Waals surface area contributed by atoms with Crippen molar-refractivity contribution < 1.29 is 62.2 Å². The minimum atomic E-state index is -0.708. The lowest BCUT2D eigenvalue weighted by atomic mass is 9.85. The van der Waals surface area contributed by atoms with Gasteiger partial charge in [0.1, 0.15) is 50.8 Å². The van der Waals surface area contributed by atoms with E-state index in [9.17, 15) is 63.3 Å². The summed E-state index contributed by atoms with van der Waals surface area (Å²) in [6, 6.07) is 41.0. The van der Waals surface area contributed by atoms with Gasteiger partial charge in [-0.1, -0.05) is 109 Å². The zero-order chi connectivity index (χ0) is 96.9. The van der Waals surface area contributed by atoms with Gasteiger partial charge in [-0.25, -0.2) is 22.7 Å². The topological polar surface area (TPSA) is 522 Å². The van der Waals surface area contributed by atoms with Crippen molar-refractivity contribution in [3.05, 3.63) is 190 Å². The molecule has 8 fully saturated rings. The minimum Gasteiger partial charge on any atom is -0.444 e. The Bertz CT molecular complexity index is 5710. The van der Waals surface area contributed by atoms with E-state index in [1.807, 2.05) is 81.4 Å². The number of primary amides is 4. The Balaban J connectivity index is 0.000000175. The standard InChI is InChI=1S/C28H30N6O2.C20H28N6O4.C16H24N6O3.C15H20N6O2.C13H10O.C4H5ClO.ClH/c1-30-19-28(34-18-24(25(29)35)26(32-34)31-27(36)23-11-12-23)13-15-33(16-14-28)17-20-7-9-22(10-8-20)21-5-3-2-4-6-21;1-19(2,3)30-18(29)25-10-7-20(6-9-21,8-11-25)26-12-14(15(22)27)16(24-26)23-17(28)13-4-5-13;1-15(2,3)25-14(24)21-8-5-16(4-7-17,6-9-21)22-10-11(13(19)23)12(18)20-22;1-17-9-15(4-6-18-7-5-15)21-8-11(12(16)22)13(20-21)19-14(23)10-2-3-10;14-10-11-6-8-13(9-7-11)12-4-2-1-3-5-12;5-4(6)3-1-2-3;/h2-10,18,23H,11-17,19H2,(H2,29,35)(H,31,32,36);12-13H,4-8,10-11H2,1-3H3,(H2,22,27)(H,23,24,28);10H,4-6,8-9H2,1-3H3,(H2,18,20)(H2,19,23);8,10,18H,2-7,9H2,(H2,16,22)(H,19,20,23);1-10H;3H,1-2H2;1H. The van der Waals surface area contributed by atoms with Gasteiger partial charge < -0.3 is 78.9 Å². The second kappa shape index (κ2) is 45.7. The molecule has 4 aliphatic carbocycles. The lowest BCUT2D eigenvalue weighted by Crippen LogP contribution is -2.49. The molecule has 4 saturated carbocycles. The van der Waals surface area contributed by atoms with Gasteiger partial charge in [0.2, 0.25) is 36.1 Å². The van der Waals surface area contributed by atoms with Crippen LogP contribution in [0.3, 0.4) is 0 Å². The van der Waals surface area contributed by atoms with Gasteiger partial charge >= 0.3 is 12.2 Å². The summed E-state index contributed by atoms with van der Waals surface area (Å²) in [5.74, 6) is -2.34. The molecule has 4 aromatic heterocycles. The van der Waals surface area contributed by atoms with Crippen molar-refractivity contribution in [3.63, 3.8) is 0 Å². The number of nitrogens with zero attached hydrogens (tertiary/aromatic N) is 15. The van der Waals surface area contributed by atoms with Crippen molar-refractivity contribution in [2.75, 3.05) is 87.1 Å². The molecule has 16 rings (SSSR count). The molecule has 8 aromatic rings. The SMILES string of the molecule is CC(C)(C)OC(=O)N1CCC(CC#N)(n2cc(C(N)=O)c(N)n2)CC1.CC(C)(C)OC(=O)N1CCC(CC#N)(n2cc(C(N)=O)c(NC(=O)C3CC3)n2)CC1.Cl.O=C(Cl)C1CC1.O=Cc1ccc(-c2ccccc2)cc1.[C-]#[N+]CC1(n2cc(C(N)=O)c(NC(=O)C3CC3)n2)CCN(Cc2ccc(-c3ccccc3)cc2)CC1.[C-]#[N+]CC1(n2cc(C(N)=O)c(NC(=O)C3CC3)n2)CCNCC1. The third-order valence-electron chi connectivity index (χ3n) is 24.6. The monoisotopic (exact) mass is 1880 g/mol. The molecule has 37 nitrogen and oxygen atoms in total. The number of piperidine rings is 4. The molecule has 0 spiro atoms. The number of aldehydes is 1. The highest BCUT2D eigenvalue weighted by molar-refractivity contribution is 6.64. The molecular formula is C96H118Cl2N24O13. The first kappa shape index (κ1) is 103. The molecule has 4 saturated heterocycles. The molecule has 8 heterocycles. The molecule has 0 bridgehead atoms. The van der Waals surface area contributed by atoms with Gasteiger partial charge in [-0.05, 0) is 197 Å². The number of hydrogen-bond acceptors (Lipinski definition) is 22. The molecule has 8 aliphatic rings. The third kappa shape index (κ3) is 28.1. The molecule has 39 heteroatoms. The van der Waals surface area contributed by atoms with Crippen LogP contribution in [0.2, 0.25) is 0 Å². The third-order valence-corrected chi connectivity index (χ3v) is 24.9. The van der Waals surface area contributed by atoms with Gasteiger partial charge in [0, 0.05) is 99.8 Å². The van der Waals surface area contributed by atoms with E-state index in [0.29, 0.717) is 70.3 Å². The summed E-state index contributed by atoms with van der Waals surface area (Å²) >= 11 is 5.04. The summed E-state index contributed by atoms with van der Waals surface area (Å²) in [7, 11) is 0. The summed E-state index contributed by atoms with van der Waals surface area (Å²) < 4.78 is 17.3. The predicted molar refractivity (Wildman–Crippen MR) is 507 cm³/mol. The highest BCUT2D eigenvalue weighted by atomic mass is 35.5. The van der Waals surface area contributed by atoms with Crippen molar-refractivity contribution in [1.29, 1.82) is 10.5 Å². The Hall–Kier alpha value is -13.9. The van der Waals surface area contributed by atoms with Crippen LogP contribution in [0.15, 0.2) is 134 Å². The molecule has 9 amide bonds. The second-order valence-corrected chi connectivity index (χ2v) is 37.4. The Morgan fingerprint density at radius 2 is 0.793 bits per heavy atom. The number of rotatable bonds is 24. The first-order valence-corrected chi connectivity index (χ1v) is 45.3. The fraction of sp³-hybridized carbons (Fsp3) is 0.469. The van der Waals surface area contributed by atoms with E-state index in [1.54, 1.807) is 61.7 Å². The van der Waals surface area contributed by atoms with E-state index in [1.165, 1.54) is 34.6 Å². The Morgan fingerprint density at radius 1 is 0.474 bits per heavy atom. The largest absolute Gasteiger partial charge is 0.444 e. The molecular weight excluding hydrogens is 1770 g/mol. The van der Waals surface area contributed by atoms with Gasteiger partial charge in [0.25, 0.3) is 23.6 Å². The summed E-state index contributed by atoms with van der Waals surface area (Å²) in [4.78, 5) is 141. The van der Waals surface area contributed by atoms with Gasteiger partial charge in [0.15, 0.2) is 23.3 Å². The van der Waals surface area contributed by atoms with Crippen molar-refractivity contribution in [1.82, 2.24) is 59.1 Å². The lowest BCUT2D eigenvalue weighted by Gasteiger charge is -2.40. The zero-order valence-electron chi connectivity index (χ0n) is 76.8. The predicted octanol–water partition coefficient (Wildman–Crippen LogP) is 12.2. The zero-order valence-corrected chi connectivity index (χ0v) is 78.4. The number of amides is 9. The summed E-state index contributed by atoms with van der Waals surface area (Å²) in [6.45, 7) is 31.8. The molecule has 4 aliphatic heterocycles. The Morgan fingerprint density at radius 3 is 1.10 bits per heavy atom. The number of halogens is 2. The Labute approximate surface area is 795 Å². The maximum atomic E-state index is 12.4. The number of nitrogens with two attached hydrogens (primary N) is 5. The van der Waals surface area contributed by atoms with Crippen LogP contribution in [0, 0.1) is 59.5 Å². The van der Waals surface area contributed by atoms with Gasteiger partial charge in [-0.15, -0.1) is 12.4 Å². The number of anilines is 4. The number of nitriles is 2. The average molecular weight is 1890 g/mol. The van der Waals surface area contributed by atoms with Gasteiger partial charge in [-0.3, -0.25) is 66.8 Å². The number of ether oxygens (including phenoxy) is 2. The van der Waals surface area contributed by atoms with E-state index in [2.05, 4.69) is 117 Å². The van der Waals surface area contributed by atoms with E-state index in [4.69, 9.17) is 62.9 Å². The van der Waals surface area contributed by atoms with Crippen molar-refractivity contribution in [2.24, 2.45) is 46.6 Å². The first-order valence-electron chi connectivity index (χ1n) is 44.9. The van der Waals surface area contributed by atoms with Crippen molar-refractivity contribution in [2.45, 2.75) is 197 Å². The maximum absolute atomic E-state index is 12.4. The maximum Gasteiger partial charge on any atom is 0.410 e. The first-order chi connectivity index (χ1) is 63.8. The van der Waals surface area contributed by atoms with Gasteiger partial charge in [-0.2, -0.15) is 30.9 Å². The van der Waals surface area contributed by atoms with Crippen LogP contribution in [-0.4, -0.2) is 196 Å². The van der Waals surface area contributed by atoms with Gasteiger partial charge in [0.05, 0.1) is 36.1 Å². The number of nitrogen functional groups attached to an aromatic ring is 1. The summed E-state index contributed by atoms with van der Waals surface area (Å²) in [6.07, 6.45) is 18.5. The highest BCUT2D eigenvalue weighted by Crippen LogP contribution is 2.41. The van der Waals surface area contributed by atoms with Crippen LogP contribution in [0.25, 0.3) is 31.9 Å². The van der Waals surface area contributed by atoms with Crippen LogP contribution < -0.4 is 49.9 Å². The molecule has 714 valence electrons. The molecule has 0 atom stereocenters. The van der Waals surface area contributed by atoms with Crippen molar-refractivity contribution >= 4 is 112 Å². The lowest BCUT2D eigenvalue weighted by molar-refractivity contribution is -0.118. The summed E-state index contributed by atoms with van der Waals surface area (Å²) in [5.41, 5.74) is 31.3. The fourth-order valence-electron chi connectivity index (χ4n) is 15.9. The number of nitrogens with one attached hydrogen (secondary N) is 4. The highest BCUT2D eigenvalue weighted by Gasteiger charge is 2.46. The molecule has 4 aromatic carbocycles. The number of aromatic nitrogens is 8. The number of carbonyl (C=O) groups excluding carboxylic acids is 11. The normalized spacial score (nSPS) is 17.1. The van der Waals surface area contributed by atoms with E-state index in [0.717, 1.165) is 109 Å². The molecule has 135 heavy (non-hydrogen) atoms. The average Bonchev–Trinajstić information content (AvgIpc) is 1.60. The number of carbonyl (C=O) groups is 11. The second-order valence-electron chi connectivity index (χ2n) is 37.0.